The van der Waals surface area contributed by atoms with Gasteiger partial charge in [0.15, 0.2) is 0 Å². The number of nitrogens with zero attached hydrogens (tertiary/aromatic N) is 1. The van der Waals surface area contributed by atoms with Crippen LogP contribution in [0, 0.1) is 0 Å². The summed E-state index contributed by atoms with van der Waals surface area (Å²) in [5.41, 5.74) is 9.17. The van der Waals surface area contributed by atoms with Crippen molar-refractivity contribution < 1.29 is 0 Å². The van der Waals surface area contributed by atoms with Crippen LogP contribution in [0.1, 0.15) is 49.7 Å². The highest BCUT2D eigenvalue weighted by Gasteiger charge is 2.40. The average Bonchev–Trinajstić information content (AvgIpc) is 2.49. The summed E-state index contributed by atoms with van der Waals surface area (Å²) in [6.45, 7) is 6.95. The van der Waals surface area contributed by atoms with Crippen LogP contribution in [-0.2, 0) is 5.41 Å². The van der Waals surface area contributed by atoms with Crippen LogP contribution in [0.15, 0.2) is 24.3 Å². The van der Waals surface area contributed by atoms with Crippen molar-refractivity contribution in [2.24, 2.45) is 5.73 Å². The van der Waals surface area contributed by atoms with Gasteiger partial charge in [0, 0.05) is 0 Å². The van der Waals surface area contributed by atoms with Gasteiger partial charge in [0.25, 0.3) is 0 Å². The molecule has 0 radical (unpaired) electrons. The molecule has 3 aliphatic rings. The first-order valence-electron chi connectivity index (χ1n) is 7.76. The van der Waals surface area contributed by atoms with Crippen molar-refractivity contribution in [1.82, 2.24) is 4.90 Å². The molecule has 3 heterocycles. The molecule has 0 spiro atoms. The molecule has 1 aromatic rings. The van der Waals surface area contributed by atoms with Crippen molar-refractivity contribution >= 4 is 0 Å². The second-order valence-corrected chi connectivity index (χ2v) is 6.47. The van der Waals surface area contributed by atoms with E-state index < -0.39 is 0 Å². The van der Waals surface area contributed by atoms with E-state index in [0.717, 1.165) is 13.0 Å². The van der Waals surface area contributed by atoms with E-state index in [2.05, 4.69) is 36.1 Å². The molecule has 0 saturated carbocycles. The molecule has 2 nitrogen and oxygen atoms in total. The Morgan fingerprint density at radius 3 is 2.21 bits per heavy atom. The lowest BCUT2D eigenvalue weighted by atomic mass is 9.67. The predicted octanol–water partition coefficient (Wildman–Crippen LogP) is 2.88. The molecule has 1 atom stereocenters. The van der Waals surface area contributed by atoms with Gasteiger partial charge in [-0.1, -0.05) is 31.2 Å². The van der Waals surface area contributed by atoms with Crippen molar-refractivity contribution in [2.75, 3.05) is 26.2 Å². The number of benzene rings is 1. The van der Waals surface area contributed by atoms with Gasteiger partial charge in [-0.05, 0) is 74.3 Å². The lowest BCUT2D eigenvalue weighted by Crippen LogP contribution is -2.50. The molecule has 3 saturated heterocycles. The second-order valence-electron chi connectivity index (χ2n) is 6.47. The lowest BCUT2D eigenvalue weighted by Gasteiger charge is -2.49. The van der Waals surface area contributed by atoms with Gasteiger partial charge in [-0.15, -0.1) is 0 Å². The summed E-state index contributed by atoms with van der Waals surface area (Å²) in [7, 11) is 0. The molecule has 0 amide bonds. The Bertz CT molecular complexity index is 402. The van der Waals surface area contributed by atoms with Crippen LogP contribution in [0.3, 0.4) is 0 Å². The van der Waals surface area contributed by atoms with Crippen molar-refractivity contribution in [3.63, 3.8) is 0 Å². The fraction of sp³-hybridized carbons (Fsp3) is 0.647. The zero-order chi connectivity index (χ0) is 13.3. The van der Waals surface area contributed by atoms with E-state index in [-0.39, 0.29) is 0 Å². The van der Waals surface area contributed by atoms with Gasteiger partial charge in [0.2, 0.25) is 0 Å². The number of rotatable bonds is 4. The summed E-state index contributed by atoms with van der Waals surface area (Å²) >= 11 is 0. The molecule has 1 aromatic carbocycles. The molecule has 19 heavy (non-hydrogen) atoms. The van der Waals surface area contributed by atoms with E-state index in [4.69, 9.17) is 5.73 Å². The largest absolute Gasteiger partial charge is 0.330 e. The molecule has 104 valence electrons. The van der Waals surface area contributed by atoms with Crippen molar-refractivity contribution in [1.29, 1.82) is 0 Å². The van der Waals surface area contributed by atoms with Gasteiger partial charge in [0.05, 0.1) is 0 Å². The molecular weight excluding hydrogens is 232 g/mol. The molecule has 4 rings (SSSR count). The summed E-state index contributed by atoms with van der Waals surface area (Å²) in [4.78, 5) is 2.61. The average molecular weight is 258 g/mol. The highest BCUT2D eigenvalue weighted by atomic mass is 15.1. The Balaban J connectivity index is 1.78. The minimum Gasteiger partial charge on any atom is -0.330 e. The maximum absolute atomic E-state index is 5.66. The third-order valence-corrected chi connectivity index (χ3v) is 5.41. The minimum absolute atomic E-state index is 0.490. The number of hydrogen-bond acceptors (Lipinski definition) is 2. The van der Waals surface area contributed by atoms with Crippen LogP contribution in [0.2, 0.25) is 0 Å². The first kappa shape index (κ1) is 13.1. The lowest BCUT2D eigenvalue weighted by molar-refractivity contribution is 0.0818. The third kappa shape index (κ3) is 2.44. The highest BCUT2D eigenvalue weighted by Crippen LogP contribution is 2.42. The normalized spacial score (nSPS) is 31.4. The maximum atomic E-state index is 5.66. The van der Waals surface area contributed by atoms with Gasteiger partial charge < -0.3 is 10.6 Å². The fourth-order valence-corrected chi connectivity index (χ4v) is 3.84. The Labute approximate surface area is 117 Å². The van der Waals surface area contributed by atoms with Crippen molar-refractivity contribution in [3.8, 4) is 0 Å². The van der Waals surface area contributed by atoms with E-state index >= 15 is 0 Å². The molecule has 3 aliphatic heterocycles. The summed E-state index contributed by atoms with van der Waals surface area (Å²) < 4.78 is 0. The van der Waals surface area contributed by atoms with Gasteiger partial charge >= 0.3 is 0 Å². The van der Waals surface area contributed by atoms with Gasteiger partial charge in [-0.3, -0.25) is 0 Å². The molecule has 0 aromatic heterocycles. The quantitative estimate of drug-likeness (QED) is 0.900. The number of nitrogens with two attached hydrogens (primary N) is 1. The van der Waals surface area contributed by atoms with Gasteiger partial charge in [-0.25, -0.2) is 0 Å². The van der Waals surface area contributed by atoms with Gasteiger partial charge in [0.1, 0.15) is 0 Å². The summed E-state index contributed by atoms with van der Waals surface area (Å²) in [5.74, 6) is 0.588. The summed E-state index contributed by atoms with van der Waals surface area (Å²) in [5, 5.41) is 0. The monoisotopic (exact) mass is 258 g/mol. The number of hydrogen-bond donors (Lipinski definition) is 1. The molecule has 2 bridgehead atoms. The van der Waals surface area contributed by atoms with Crippen LogP contribution in [0.25, 0.3) is 0 Å². The molecular formula is C17H26N2. The van der Waals surface area contributed by atoms with E-state index in [1.807, 2.05) is 0 Å². The molecule has 3 fully saturated rings. The fourth-order valence-electron chi connectivity index (χ4n) is 3.84. The van der Waals surface area contributed by atoms with Crippen molar-refractivity contribution in [2.45, 2.75) is 43.9 Å². The Morgan fingerprint density at radius 1 is 1.11 bits per heavy atom. The second kappa shape index (κ2) is 5.26. The standard InChI is InChI=1S/C17H26N2/c1-14(6-10-18)15-2-4-16(5-3-15)17-7-11-19(12-8-17)13-9-17/h2-5,14H,6-13,18H2,1H3. The van der Waals surface area contributed by atoms with Crippen LogP contribution >= 0.6 is 0 Å². The smallest absolute Gasteiger partial charge is 0.00102 e. The zero-order valence-corrected chi connectivity index (χ0v) is 12.1. The highest BCUT2D eigenvalue weighted by molar-refractivity contribution is 5.32. The van der Waals surface area contributed by atoms with E-state index in [1.54, 1.807) is 5.56 Å². The predicted molar refractivity (Wildman–Crippen MR) is 80.5 cm³/mol. The maximum Gasteiger partial charge on any atom is -0.00102 e. The van der Waals surface area contributed by atoms with E-state index in [9.17, 15) is 0 Å². The van der Waals surface area contributed by atoms with E-state index in [1.165, 1.54) is 44.5 Å². The zero-order valence-electron chi connectivity index (χ0n) is 12.1. The summed E-state index contributed by atoms with van der Waals surface area (Å²) in [6.07, 6.45) is 5.14. The molecule has 0 aliphatic carbocycles. The molecule has 2 heteroatoms. The Morgan fingerprint density at radius 2 is 1.68 bits per heavy atom. The topological polar surface area (TPSA) is 29.3 Å². The van der Waals surface area contributed by atoms with Crippen LogP contribution in [-0.4, -0.2) is 31.1 Å². The molecule has 2 N–H and O–H groups in total. The van der Waals surface area contributed by atoms with Gasteiger partial charge in [-0.2, -0.15) is 0 Å². The molecule has 1 unspecified atom stereocenters. The first-order valence-corrected chi connectivity index (χ1v) is 7.76. The third-order valence-electron chi connectivity index (χ3n) is 5.41. The summed E-state index contributed by atoms with van der Waals surface area (Å²) in [6, 6.07) is 9.46. The van der Waals surface area contributed by atoms with Crippen LogP contribution in [0.4, 0.5) is 0 Å². The minimum atomic E-state index is 0.490. The number of fused-ring (bicyclic) bond motifs is 3. The Kier molecular flexibility index (Phi) is 3.64. The number of piperidine rings is 3. The first-order chi connectivity index (χ1) is 9.23. The Hall–Kier alpha value is -0.860. The van der Waals surface area contributed by atoms with Crippen LogP contribution < -0.4 is 5.73 Å². The SMILES string of the molecule is CC(CCN)c1ccc(C23CCN(CC2)CC3)cc1. The van der Waals surface area contributed by atoms with Crippen LogP contribution in [0.5, 0.6) is 0 Å². The van der Waals surface area contributed by atoms with E-state index in [0.29, 0.717) is 11.3 Å². The van der Waals surface area contributed by atoms with Crippen molar-refractivity contribution in [3.05, 3.63) is 35.4 Å².